The molecule has 3 rings (SSSR count). The summed E-state index contributed by atoms with van der Waals surface area (Å²) in [5.74, 6) is 0. The lowest BCUT2D eigenvalue weighted by molar-refractivity contribution is 0.716. The maximum Gasteiger partial charge on any atom is 0.0702 e. The third-order valence-corrected chi connectivity index (χ3v) is 4.18. The van der Waals surface area contributed by atoms with Gasteiger partial charge in [0, 0.05) is 11.8 Å². The Labute approximate surface area is 139 Å². The largest absolute Gasteiger partial charge is 0.256 e. The molecule has 0 aliphatic carbocycles. The van der Waals surface area contributed by atoms with Crippen LogP contribution in [-0.4, -0.2) is 4.98 Å². The Bertz CT molecular complexity index is 712. The molecule has 3 aromatic rings. The molecule has 1 heterocycles. The molecule has 0 N–H and O–H groups in total. The van der Waals surface area contributed by atoms with E-state index in [0.717, 1.165) is 12.1 Å². The van der Waals surface area contributed by atoms with Crippen molar-refractivity contribution in [3.05, 3.63) is 78.5 Å². The monoisotopic (exact) mass is 301 g/mol. The van der Waals surface area contributed by atoms with E-state index in [1.807, 2.05) is 12.3 Å². The molecule has 0 radical (unpaired) electrons. The Morgan fingerprint density at radius 3 is 2.04 bits per heavy atom. The minimum absolute atomic E-state index is 1.05. The van der Waals surface area contributed by atoms with Crippen LogP contribution in [0.15, 0.2) is 72.9 Å². The fraction of sp³-hybridized carbons (Fsp3) is 0.227. The molecule has 0 atom stereocenters. The van der Waals surface area contributed by atoms with Crippen LogP contribution < -0.4 is 0 Å². The van der Waals surface area contributed by atoms with Crippen LogP contribution >= 0.6 is 0 Å². The van der Waals surface area contributed by atoms with Gasteiger partial charge in [-0.1, -0.05) is 80.4 Å². The minimum atomic E-state index is 1.05. The van der Waals surface area contributed by atoms with E-state index >= 15 is 0 Å². The van der Waals surface area contributed by atoms with E-state index < -0.39 is 0 Å². The van der Waals surface area contributed by atoms with Crippen molar-refractivity contribution in [1.29, 1.82) is 0 Å². The number of nitrogens with zero attached hydrogens (tertiary/aromatic N) is 1. The normalized spacial score (nSPS) is 10.7. The Morgan fingerprint density at radius 1 is 0.696 bits per heavy atom. The fourth-order valence-electron chi connectivity index (χ4n) is 2.79. The average Bonchev–Trinajstić information content (AvgIpc) is 2.63. The van der Waals surface area contributed by atoms with Gasteiger partial charge in [-0.15, -0.1) is 0 Å². The number of unbranched alkanes of at least 4 members (excludes halogenated alkanes) is 2. The number of aryl methyl sites for hydroxylation is 1. The predicted molar refractivity (Wildman–Crippen MR) is 98.3 cm³/mol. The first-order chi connectivity index (χ1) is 11.4. The predicted octanol–water partition coefficient (Wildman–Crippen LogP) is 6.15. The van der Waals surface area contributed by atoms with Crippen LogP contribution in [0.4, 0.5) is 0 Å². The summed E-state index contributed by atoms with van der Waals surface area (Å²) in [6.07, 6.45) is 6.97. The van der Waals surface area contributed by atoms with Crippen LogP contribution in [0, 0.1) is 0 Å². The van der Waals surface area contributed by atoms with Gasteiger partial charge in [-0.3, -0.25) is 4.98 Å². The van der Waals surface area contributed by atoms with Crippen LogP contribution in [0.2, 0.25) is 0 Å². The highest BCUT2D eigenvalue weighted by Crippen LogP contribution is 2.23. The van der Waals surface area contributed by atoms with Crippen molar-refractivity contribution in [3.63, 3.8) is 0 Å². The second-order valence-corrected chi connectivity index (χ2v) is 5.95. The lowest BCUT2D eigenvalue weighted by atomic mass is 10.0. The first-order valence-corrected chi connectivity index (χ1v) is 8.47. The second-order valence-electron chi connectivity index (χ2n) is 5.95. The van der Waals surface area contributed by atoms with Gasteiger partial charge >= 0.3 is 0 Å². The van der Waals surface area contributed by atoms with Gasteiger partial charge in [-0.25, -0.2) is 0 Å². The van der Waals surface area contributed by atoms with Gasteiger partial charge in [0.05, 0.1) is 5.69 Å². The zero-order valence-electron chi connectivity index (χ0n) is 13.7. The van der Waals surface area contributed by atoms with E-state index in [1.54, 1.807) is 0 Å². The molecule has 0 aliphatic heterocycles. The van der Waals surface area contributed by atoms with Crippen LogP contribution in [0.5, 0.6) is 0 Å². The summed E-state index contributed by atoms with van der Waals surface area (Å²) in [4.78, 5) is 4.63. The van der Waals surface area contributed by atoms with Crippen molar-refractivity contribution in [2.75, 3.05) is 0 Å². The molecule has 0 fully saturated rings. The summed E-state index contributed by atoms with van der Waals surface area (Å²) in [6.45, 7) is 2.24. The van der Waals surface area contributed by atoms with Crippen molar-refractivity contribution < 1.29 is 0 Å². The molecule has 0 spiro atoms. The first kappa shape index (κ1) is 15.5. The van der Waals surface area contributed by atoms with Crippen molar-refractivity contribution in [1.82, 2.24) is 4.98 Å². The van der Waals surface area contributed by atoms with Crippen LogP contribution in [0.25, 0.3) is 22.4 Å². The molecule has 0 saturated carbocycles. The Balaban J connectivity index is 1.72. The molecular formula is C22H23N. The molecule has 2 aromatic carbocycles. The Kier molecular flexibility index (Phi) is 5.21. The Morgan fingerprint density at radius 2 is 1.39 bits per heavy atom. The molecule has 0 bridgehead atoms. The summed E-state index contributed by atoms with van der Waals surface area (Å²) < 4.78 is 0. The van der Waals surface area contributed by atoms with Gasteiger partial charge in [0.1, 0.15) is 0 Å². The molecule has 1 aromatic heterocycles. The molecule has 1 heteroatoms. The van der Waals surface area contributed by atoms with Gasteiger partial charge in [-0.2, -0.15) is 0 Å². The van der Waals surface area contributed by atoms with Crippen molar-refractivity contribution >= 4 is 0 Å². The maximum absolute atomic E-state index is 4.63. The Hall–Kier alpha value is -2.41. The number of hydrogen-bond donors (Lipinski definition) is 0. The van der Waals surface area contributed by atoms with E-state index in [9.17, 15) is 0 Å². The quantitative estimate of drug-likeness (QED) is 0.498. The molecule has 116 valence electrons. The molecule has 23 heavy (non-hydrogen) atoms. The number of aromatic nitrogens is 1. The maximum atomic E-state index is 4.63. The molecule has 0 aliphatic rings. The van der Waals surface area contributed by atoms with Gasteiger partial charge in [-0.05, 0) is 35.6 Å². The molecule has 0 saturated heterocycles. The number of rotatable bonds is 6. The molecule has 1 nitrogen and oxygen atoms in total. The lowest BCUT2D eigenvalue weighted by Crippen LogP contribution is -1.89. The van der Waals surface area contributed by atoms with E-state index in [2.05, 4.69) is 72.6 Å². The standard InChI is InChI=1S/C22H23N/c1-2-3-5-8-18-11-16-22(23-17-18)21-14-12-20(13-15-21)19-9-6-4-7-10-19/h4,6-7,9-17H,2-3,5,8H2,1H3. The third kappa shape index (κ3) is 4.07. The third-order valence-electron chi connectivity index (χ3n) is 4.18. The topological polar surface area (TPSA) is 12.9 Å². The van der Waals surface area contributed by atoms with Crippen molar-refractivity contribution in [2.24, 2.45) is 0 Å². The summed E-state index contributed by atoms with van der Waals surface area (Å²) in [5, 5.41) is 0. The fourth-order valence-corrected chi connectivity index (χ4v) is 2.79. The summed E-state index contributed by atoms with van der Waals surface area (Å²) in [5.41, 5.74) is 6.04. The highest BCUT2D eigenvalue weighted by atomic mass is 14.7. The first-order valence-electron chi connectivity index (χ1n) is 8.47. The van der Waals surface area contributed by atoms with Gasteiger partial charge in [0.2, 0.25) is 0 Å². The van der Waals surface area contributed by atoms with Crippen LogP contribution in [0.1, 0.15) is 31.7 Å². The number of hydrogen-bond acceptors (Lipinski definition) is 1. The van der Waals surface area contributed by atoms with E-state index in [-0.39, 0.29) is 0 Å². The van der Waals surface area contributed by atoms with Gasteiger partial charge in [0.25, 0.3) is 0 Å². The van der Waals surface area contributed by atoms with E-state index in [1.165, 1.54) is 41.5 Å². The molecule has 0 unspecified atom stereocenters. The van der Waals surface area contributed by atoms with Crippen LogP contribution in [0.3, 0.4) is 0 Å². The SMILES string of the molecule is CCCCCc1ccc(-c2ccc(-c3ccccc3)cc2)nc1. The van der Waals surface area contributed by atoms with Crippen molar-refractivity contribution in [2.45, 2.75) is 32.6 Å². The smallest absolute Gasteiger partial charge is 0.0702 e. The second kappa shape index (κ2) is 7.73. The van der Waals surface area contributed by atoms with Crippen molar-refractivity contribution in [3.8, 4) is 22.4 Å². The summed E-state index contributed by atoms with van der Waals surface area (Å²) >= 11 is 0. The average molecular weight is 301 g/mol. The lowest BCUT2D eigenvalue weighted by Gasteiger charge is -2.06. The zero-order chi connectivity index (χ0) is 15.9. The number of pyridine rings is 1. The molecular weight excluding hydrogens is 278 g/mol. The summed E-state index contributed by atoms with van der Waals surface area (Å²) in [7, 11) is 0. The molecule has 0 amide bonds. The summed E-state index contributed by atoms with van der Waals surface area (Å²) in [6, 6.07) is 23.5. The van der Waals surface area contributed by atoms with Gasteiger partial charge in [0.15, 0.2) is 0 Å². The number of benzene rings is 2. The zero-order valence-corrected chi connectivity index (χ0v) is 13.7. The van der Waals surface area contributed by atoms with E-state index in [0.29, 0.717) is 0 Å². The van der Waals surface area contributed by atoms with Gasteiger partial charge < -0.3 is 0 Å². The van der Waals surface area contributed by atoms with Crippen LogP contribution in [-0.2, 0) is 6.42 Å². The van der Waals surface area contributed by atoms with E-state index in [4.69, 9.17) is 0 Å². The minimum Gasteiger partial charge on any atom is -0.256 e. The highest BCUT2D eigenvalue weighted by molar-refractivity contribution is 5.68. The highest BCUT2D eigenvalue weighted by Gasteiger charge is 2.02.